The lowest BCUT2D eigenvalue weighted by Gasteiger charge is -2.06. The lowest BCUT2D eigenvalue weighted by molar-refractivity contribution is 0.404. The van der Waals surface area contributed by atoms with E-state index in [-0.39, 0.29) is 17.9 Å². The molecule has 5 heteroatoms. The third-order valence-electron chi connectivity index (χ3n) is 1.63. The van der Waals surface area contributed by atoms with Gasteiger partial charge in [-0.05, 0) is 0 Å². The molecule has 3 nitrogen and oxygen atoms in total. The van der Waals surface area contributed by atoms with Gasteiger partial charge in [-0.3, -0.25) is 11.3 Å². The normalized spacial score (nSPS) is 10.2. The van der Waals surface area contributed by atoms with E-state index in [4.69, 9.17) is 5.84 Å². The van der Waals surface area contributed by atoms with E-state index in [1.54, 1.807) is 0 Å². The highest BCUT2D eigenvalue weighted by Gasteiger charge is 2.10. The zero-order chi connectivity index (χ0) is 9.84. The molecule has 72 valence electrons. The van der Waals surface area contributed by atoms with Crippen LogP contribution in [0.3, 0.4) is 0 Å². The molecule has 0 unspecified atom stereocenters. The average Bonchev–Trinajstić information content (AvgIpc) is 2.11. The number of methoxy groups -OCH3 is 1. The first-order chi connectivity index (χ1) is 6.19. The smallest absolute Gasteiger partial charge is 0.134 e. The minimum Gasteiger partial charge on any atom is -0.497 e. The van der Waals surface area contributed by atoms with Crippen molar-refractivity contribution < 1.29 is 13.5 Å². The number of hydrogen-bond donors (Lipinski definition) is 2. The van der Waals surface area contributed by atoms with Crippen LogP contribution in [0, 0.1) is 11.6 Å². The van der Waals surface area contributed by atoms with Gasteiger partial charge in [-0.2, -0.15) is 0 Å². The molecule has 0 aromatic heterocycles. The molecule has 0 aliphatic heterocycles. The monoisotopic (exact) mass is 188 g/mol. The Morgan fingerprint density at radius 3 is 2.31 bits per heavy atom. The number of hydrogen-bond acceptors (Lipinski definition) is 3. The number of nitrogens with two attached hydrogens (primary N) is 1. The zero-order valence-electron chi connectivity index (χ0n) is 7.10. The van der Waals surface area contributed by atoms with Crippen LogP contribution < -0.4 is 16.0 Å². The number of hydrazine groups is 1. The summed E-state index contributed by atoms with van der Waals surface area (Å²) in [6.07, 6.45) is 0. The molecule has 0 aliphatic carbocycles. The third kappa shape index (κ3) is 2.13. The van der Waals surface area contributed by atoms with Gasteiger partial charge in [0, 0.05) is 24.2 Å². The Bertz CT molecular complexity index is 281. The van der Waals surface area contributed by atoms with E-state index in [0.29, 0.717) is 0 Å². The molecule has 1 aromatic rings. The van der Waals surface area contributed by atoms with E-state index in [1.807, 2.05) is 0 Å². The van der Waals surface area contributed by atoms with Crippen LogP contribution in [0.2, 0.25) is 0 Å². The van der Waals surface area contributed by atoms with E-state index in [0.717, 1.165) is 12.1 Å². The Morgan fingerprint density at radius 2 is 1.92 bits per heavy atom. The van der Waals surface area contributed by atoms with Crippen molar-refractivity contribution >= 4 is 0 Å². The van der Waals surface area contributed by atoms with Crippen LogP contribution in [0.4, 0.5) is 8.78 Å². The Kier molecular flexibility index (Phi) is 3.16. The van der Waals surface area contributed by atoms with Gasteiger partial charge in [-0.25, -0.2) is 8.78 Å². The molecule has 0 atom stereocenters. The number of rotatable bonds is 3. The second-order valence-corrected chi connectivity index (χ2v) is 2.45. The van der Waals surface area contributed by atoms with Crippen LogP contribution in [0.5, 0.6) is 5.75 Å². The molecule has 0 amide bonds. The zero-order valence-corrected chi connectivity index (χ0v) is 7.10. The maximum atomic E-state index is 13.1. The van der Waals surface area contributed by atoms with Gasteiger partial charge in [0.2, 0.25) is 0 Å². The molecule has 0 fully saturated rings. The molecular formula is C8H10F2N2O. The molecule has 0 spiro atoms. The highest BCUT2D eigenvalue weighted by Crippen LogP contribution is 2.19. The van der Waals surface area contributed by atoms with Crippen LogP contribution in [0.25, 0.3) is 0 Å². The number of nitrogens with one attached hydrogen (secondary N) is 1. The lowest BCUT2D eigenvalue weighted by Crippen LogP contribution is -2.22. The van der Waals surface area contributed by atoms with E-state index in [1.165, 1.54) is 7.11 Å². The van der Waals surface area contributed by atoms with E-state index >= 15 is 0 Å². The fourth-order valence-electron chi connectivity index (χ4n) is 0.969. The largest absolute Gasteiger partial charge is 0.497 e. The van der Waals surface area contributed by atoms with Crippen molar-refractivity contribution in [2.24, 2.45) is 5.84 Å². The summed E-state index contributed by atoms with van der Waals surface area (Å²) in [5.41, 5.74) is 2.09. The molecule has 3 N–H and O–H groups in total. The number of ether oxygens (including phenoxy) is 1. The summed E-state index contributed by atoms with van der Waals surface area (Å²) in [6, 6.07) is 2.21. The first-order valence-corrected chi connectivity index (χ1v) is 3.64. The maximum absolute atomic E-state index is 13.1. The van der Waals surface area contributed by atoms with Crippen molar-refractivity contribution in [2.75, 3.05) is 7.11 Å². The van der Waals surface area contributed by atoms with Crippen molar-refractivity contribution in [2.45, 2.75) is 6.54 Å². The summed E-state index contributed by atoms with van der Waals surface area (Å²) in [5, 5.41) is 0. The fraction of sp³-hybridized carbons (Fsp3) is 0.250. The van der Waals surface area contributed by atoms with Crippen LogP contribution in [-0.4, -0.2) is 7.11 Å². The molecule has 0 aliphatic rings. The van der Waals surface area contributed by atoms with Crippen molar-refractivity contribution in [1.82, 2.24) is 5.43 Å². The highest BCUT2D eigenvalue weighted by molar-refractivity contribution is 5.30. The minimum absolute atomic E-state index is 0.0539. The SMILES string of the molecule is COc1cc(F)c(CNN)c(F)c1. The van der Waals surface area contributed by atoms with Crippen molar-refractivity contribution in [1.29, 1.82) is 0 Å². The van der Waals surface area contributed by atoms with Crippen LogP contribution >= 0.6 is 0 Å². The van der Waals surface area contributed by atoms with Gasteiger partial charge in [-0.1, -0.05) is 0 Å². The predicted molar refractivity (Wildman–Crippen MR) is 43.9 cm³/mol. The van der Waals surface area contributed by atoms with Gasteiger partial charge in [-0.15, -0.1) is 0 Å². The van der Waals surface area contributed by atoms with Gasteiger partial charge >= 0.3 is 0 Å². The molecule has 1 rings (SSSR count). The molecule has 0 radical (unpaired) electrons. The summed E-state index contributed by atoms with van der Waals surface area (Å²) in [4.78, 5) is 0. The summed E-state index contributed by atoms with van der Waals surface area (Å²) < 4.78 is 30.8. The van der Waals surface area contributed by atoms with Crippen molar-refractivity contribution in [3.8, 4) is 5.75 Å². The van der Waals surface area contributed by atoms with Crippen LogP contribution in [0.1, 0.15) is 5.56 Å². The quantitative estimate of drug-likeness (QED) is 0.548. The van der Waals surface area contributed by atoms with Crippen LogP contribution in [-0.2, 0) is 6.54 Å². The summed E-state index contributed by atoms with van der Waals surface area (Å²) in [7, 11) is 1.34. The summed E-state index contributed by atoms with van der Waals surface area (Å²) in [6.45, 7) is -0.0539. The number of benzene rings is 1. The van der Waals surface area contributed by atoms with Gasteiger partial charge in [0.1, 0.15) is 17.4 Å². The van der Waals surface area contributed by atoms with Gasteiger partial charge < -0.3 is 4.74 Å². The first-order valence-electron chi connectivity index (χ1n) is 3.64. The van der Waals surface area contributed by atoms with E-state index < -0.39 is 11.6 Å². The number of halogens is 2. The second kappa shape index (κ2) is 4.15. The van der Waals surface area contributed by atoms with Crippen molar-refractivity contribution in [3.05, 3.63) is 29.3 Å². The summed E-state index contributed by atoms with van der Waals surface area (Å²) >= 11 is 0. The van der Waals surface area contributed by atoms with Gasteiger partial charge in [0.05, 0.1) is 7.11 Å². The Balaban J connectivity index is 3.07. The second-order valence-electron chi connectivity index (χ2n) is 2.45. The summed E-state index contributed by atoms with van der Waals surface area (Å²) in [5.74, 6) is 3.76. The maximum Gasteiger partial charge on any atom is 0.134 e. The van der Waals surface area contributed by atoms with Crippen LogP contribution in [0.15, 0.2) is 12.1 Å². The molecule has 0 saturated heterocycles. The Morgan fingerprint density at radius 1 is 1.38 bits per heavy atom. The highest BCUT2D eigenvalue weighted by atomic mass is 19.1. The Hall–Kier alpha value is -1.20. The lowest BCUT2D eigenvalue weighted by atomic mass is 10.2. The van der Waals surface area contributed by atoms with Gasteiger partial charge in [0.15, 0.2) is 0 Å². The Labute approximate surface area is 74.5 Å². The third-order valence-corrected chi connectivity index (χ3v) is 1.63. The van der Waals surface area contributed by atoms with Crippen molar-refractivity contribution in [3.63, 3.8) is 0 Å². The molecule has 13 heavy (non-hydrogen) atoms. The molecule has 1 aromatic carbocycles. The molecular weight excluding hydrogens is 178 g/mol. The topological polar surface area (TPSA) is 47.3 Å². The average molecular weight is 188 g/mol. The van der Waals surface area contributed by atoms with E-state index in [2.05, 4.69) is 10.2 Å². The fourth-order valence-corrected chi connectivity index (χ4v) is 0.969. The standard InChI is InChI=1S/C8H10F2N2O/c1-13-5-2-7(9)6(4-12-11)8(10)3-5/h2-3,12H,4,11H2,1H3. The van der Waals surface area contributed by atoms with E-state index in [9.17, 15) is 8.78 Å². The molecule has 0 heterocycles. The first kappa shape index (κ1) is 9.88. The molecule has 0 saturated carbocycles. The molecule has 0 bridgehead atoms. The minimum atomic E-state index is -0.671. The van der Waals surface area contributed by atoms with Gasteiger partial charge in [0.25, 0.3) is 0 Å². The predicted octanol–water partition coefficient (Wildman–Crippen LogP) is 0.937.